The Balaban J connectivity index is 2.69. The van der Waals surface area contributed by atoms with Gasteiger partial charge in [-0.2, -0.15) is 13.2 Å². The number of nitrogens with one attached hydrogen (secondary N) is 1. The van der Waals surface area contributed by atoms with Crippen LogP contribution in [0.4, 0.5) is 18.9 Å². The number of benzene rings is 1. The Labute approximate surface area is 99.0 Å². The van der Waals surface area contributed by atoms with Gasteiger partial charge >= 0.3 is 6.18 Å². The lowest BCUT2D eigenvalue weighted by Crippen LogP contribution is -2.08. The predicted molar refractivity (Wildman–Crippen MR) is 62.7 cm³/mol. The van der Waals surface area contributed by atoms with E-state index in [-0.39, 0.29) is 5.69 Å². The normalized spacial score (nSPS) is 11.8. The molecule has 0 fully saturated rings. The number of nitrogen functional groups attached to an aromatic ring is 1. The van der Waals surface area contributed by atoms with Crippen LogP contribution in [0.2, 0.25) is 0 Å². The molecule has 2 nitrogen and oxygen atoms in total. The van der Waals surface area contributed by atoms with Crippen LogP contribution in [0.15, 0.2) is 18.2 Å². The Hall–Kier alpha value is -1.23. The van der Waals surface area contributed by atoms with E-state index in [1.807, 2.05) is 7.05 Å². The molecule has 0 atom stereocenters. The Bertz CT molecular complexity index is 361. The molecule has 0 saturated carbocycles. The van der Waals surface area contributed by atoms with Crippen molar-refractivity contribution in [1.82, 2.24) is 5.32 Å². The molecule has 1 rings (SSSR count). The number of halogens is 3. The molecule has 0 aliphatic carbocycles. The van der Waals surface area contributed by atoms with E-state index in [4.69, 9.17) is 5.73 Å². The fraction of sp³-hybridized carbons (Fsp3) is 0.500. The van der Waals surface area contributed by atoms with Gasteiger partial charge in [-0.05, 0) is 56.6 Å². The van der Waals surface area contributed by atoms with Crippen LogP contribution in [-0.4, -0.2) is 13.6 Å². The third kappa shape index (κ3) is 4.65. The monoisotopic (exact) mass is 246 g/mol. The van der Waals surface area contributed by atoms with Crippen LogP contribution in [0.1, 0.15) is 24.0 Å². The molecule has 0 radical (unpaired) electrons. The zero-order chi connectivity index (χ0) is 12.9. The molecule has 3 N–H and O–H groups in total. The van der Waals surface area contributed by atoms with Crippen molar-refractivity contribution in [3.05, 3.63) is 29.3 Å². The highest BCUT2D eigenvalue weighted by molar-refractivity contribution is 5.45. The molecule has 1 aromatic carbocycles. The highest BCUT2D eigenvalue weighted by Crippen LogP contribution is 2.31. The van der Waals surface area contributed by atoms with Crippen molar-refractivity contribution in [3.8, 4) is 0 Å². The third-order valence-electron chi connectivity index (χ3n) is 2.48. The molecule has 96 valence electrons. The lowest BCUT2D eigenvalue weighted by molar-refractivity contribution is -0.137. The van der Waals surface area contributed by atoms with E-state index in [2.05, 4.69) is 5.32 Å². The molecule has 0 aliphatic rings. The fourth-order valence-electron chi connectivity index (χ4n) is 1.66. The van der Waals surface area contributed by atoms with E-state index in [0.29, 0.717) is 12.0 Å². The molecule has 5 heteroatoms. The number of hydrogen-bond acceptors (Lipinski definition) is 2. The van der Waals surface area contributed by atoms with Crippen LogP contribution >= 0.6 is 0 Å². The number of rotatable bonds is 5. The van der Waals surface area contributed by atoms with E-state index in [1.165, 1.54) is 6.07 Å². The minimum absolute atomic E-state index is 0.170. The van der Waals surface area contributed by atoms with Gasteiger partial charge in [0, 0.05) is 5.69 Å². The summed E-state index contributed by atoms with van der Waals surface area (Å²) >= 11 is 0. The van der Waals surface area contributed by atoms with Crippen molar-refractivity contribution in [2.45, 2.75) is 25.4 Å². The standard InChI is InChI=1S/C12H17F3N2/c1-17-5-3-2-4-9-6-10(12(13,14)15)8-11(16)7-9/h6-8,17H,2-5,16H2,1H3. The lowest BCUT2D eigenvalue weighted by Gasteiger charge is -2.10. The van der Waals surface area contributed by atoms with Gasteiger partial charge in [-0.25, -0.2) is 0 Å². The van der Waals surface area contributed by atoms with Gasteiger partial charge in [-0.1, -0.05) is 0 Å². The first kappa shape index (κ1) is 13.8. The summed E-state index contributed by atoms with van der Waals surface area (Å²) in [5.41, 5.74) is 5.63. The molecule has 0 spiro atoms. The second-order valence-corrected chi connectivity index (χ2v) is 4.02. The van der Waals surface area contributed by atoms with Crippen LogP contribution in [0.25, 0.3) is 0 Å². The molecular weight excluding hydrogens is 229 g/mol. The maximum atomic E-state index is 12.5. The first-order valence-corrected chi connectivity index (χ1v) is 5.54. The van der Waals surface area contributed by atoms with Gasteiger partial charge in [-0.3, -0.25) is 0 Å². The zero-order valence-corrected chi connectivity index (χ0v) is 9.77. The summed E-state index contributed by atoms with van der Waals surface area (Å²) in [6, 6.07) is 3.75. The summed E-state index contributed by atoms with van der Waals surface area (Å²) in [6.07, 6.45) is -1.92. The lowest BCUT2D eigenvalue weighted by atomic mass is 10.0. The van der Waals surface area contributed by atoms with Crippen molar-refractivity contribution in [2.24, 2.45) is 0 Å². The second kappa shape index (κ2) is 5.91. The average molecular weight is 246 g/mol. The maximum Gasteiger partial charge on any atom is 0.416 e. The highest BCUT2D eigenvalue weighted by Gasteiger charge is 2.30. The summed E-state index contributed by atoms with van der Waals surface area (Å²) in [5, 5.41) is 3.00. The number of aryl methyl sites for hydroxylation is 1. The molecule has 0 aromatic heterocycles. The number of alkyl halides is 3. The molecule has 0 amide bonds. The van der Waals surface area contributed by atoms with Crippen molar-refractivity contribution < 1.29 is 13.2 Å². The van der Waals surface area contributed by atoms with E-state index < -0.39 is 11.7 Å². The predicted octanol–water partition coefficient (Wildman–Crippen LogP) is 2.83. The van der Waals surface area contributed by atoms with Gasteiger partial charge < -0.3 is 11.1 Å². The Morgan fingerprint density at radius 2 is 1.88 bits per heavy atom. The third-order valence-corrected chi connectivity index (χ3v) is 2.48. The van der Waals surface area contributed by atoms with Crippen LogP contribution in [-0.2, 0) is 12.6 Å². The van der Waals surface area contributed by atoms with Crippen LogP contribution < -0.4 is 11.1 Å². The molecule has 0 aliphatic heterocycles. The first-order valence-electron chi connectivity index (χ1n) is 5.54. The van der Waals surface area contributed by atoms with Crippen LogP contribution in [0.5, 0.6) is 0 Å². The van der Waals surface area contributed by atoms with Gasteiger partial charge in [0.1, 0.15) is 0 Å². The maximum absolute atomic E-state index is 12.5. The summed E-state index contributed by atoms with van der Waals surface area (Å²) in [7, 11) is 1.85. The molecule has 0 bridgehead atoms. The smallest absolute Gasteiger partial charge is 0.399 e. The summed E-state index contributed by atoms with van der Waals surface area (Å²) in [5.74, 6) is 0. The Kier molecular flexibility index (Phi) is 4.81. The van der Waals surface area contributed by atoms with E-state index >= 15 is 0 Å². The van der Waals surface area contributed by atoms with Gasteiger partial charge in [0.25, 0.3) is 0 Å². The molecule has 0 unspecified atom stereocenters. The second-order valence-electron chi connectivity index (χ2n) is 4.02. The molecule has 1 aromatic rings. The summed E-state index contributed by atoms with van der Waals surface area (Å²) < 4.78 is 37.6. The van der Waals surface area contributed by atoms with Crippen LogP contribution in [0.3, 0.4) is 0 Å². The van der Waals surface area contributed by atoms with Gasteiger partial charge in [0.15, 0.2) is 0 Å². The average Bonchev–Trinajstić information content (AvgIpc) is 2.22. The minimum Gasteiger partial charge on any atom is -0.399 e. The SMILES string of the molecule is CNCCCCc1cc(N)cc(C(F)(F)F)c1. The largest absolute Gasteiger partial charge is 0.416 e. The Morgan fingerprint density at radius 1 is 1.18 bits per heavy atom. The van der Waals surface area contributed by atoms with Crippen molar-refractivity contribution in [1.29, 1.82) is 0 Å². The van der Waals surface area contributed by atoms with Gasteiger partial charge in [0.05, 0.1) is 5.56 Å². The number of unbranched alkanes of at least 4 members (excludes halogenated alkanes) is 1. The van der Waals surface area contributed by atoms with Crippen molar-refractivity contribution in [2.75, 3.05) is 19.3 Å². The van der Waals surface area contributed by atoms with Crippen molar-refractivity contribution >= 4 is 5.69 Å². The number of hydrogen-bond donors (Lipinski definition) is 2. The van der Waals surface area contributed by atoms with E-state index in [1.54, 1.807) is 6.07 Å². The first-order chi connectivity index (χ1) is 7.93. The summed E-state index contributed by atoms with van der Waals surface area (Å²) in [6.45, 7) is 0.869. The van der Waals surface area contributed by atoms with E-state index in [9.17, 15) is 13.2 Å². The van der Waals surface area contributed by atoms with E-state index in [0.717, 1.165) is 25.5 Å². The minimum atomic E-state index is -4.32. The van der Waals surface area contributed by atoms with Crippen molar-refractivity contribution in [3.63, 3.8) is 0 Å². The molecule has 0 heterocycles. The molecular formula is C12H17F3N2. The zero-order valence-electron chi connectivity index (χ0n) is 9.77. The number of nitrogens with two attached hydrogens (primary N) is 1. The number of anilines is 1. The molecule has 17 heavy (non-hydrogen) atoms. The fourth-order valence-corrected chi connectivity index (χ4v) is 1.66. The van der Waals surface area contributed by atoms with Crippen LogP contribution in [0, 0.1) is 0 Å². The quantitative estimate of drug-likeness (QED) is 0.619. The highest BCUT2D eigenvalue weighted by atomic mass is 19.4. The Morgan fingerprint density at radius 3 is 2.47 bits per heavy atom. The topological polar surface area (TPSA) is 38.0 Å². The van der Waals surface area contributed by atoms with Gasteiger partial charge in [-0.15, -0.1) is 0 Å². The summed E-state index contributed by atoms with van der Waals surface area (Å²) in [4.78, 5) is 0. The van der Waals surface area contributed by atoms with Gasteiger partial charge in [0.2, 0.25) is 0 Å². The molecule has 0 saturated heterocycles.